The van der Waals surface area contributed by atoms with Crippen LogP contribution in [-0.2, 0) is 10.0 Å². The first-order valence-corrected chi connectivity index (χ1v) is 6.25. The average Bonchev–Trinajstić information content (AvgIpc) is 2.15. The molecule has 0 fully saturated rings. The van der Waals surface area contributed by atoms with E-state index in [0.29, 0.717) is 0 Å². The molecule has 1 atom stereocenters. The lowest BCUT2D eigenvalue weighted by Gasteiger charge is -2.13. The summed E-state index contributed by atoms with van der Waals surface area (Å²) in [5.41, 5.74) is 5.15. The lowest BCUT2D eigenvalue weighted by molar-refractivity contribution is 0.560. The third-order valence-electron chi connectivity index (χ3n) is 1.87. The highest BCUT2D eigenvalue weighted by Gasteiger charge is 2.18. The second kappa shape index (κ2) is 5.19. The van der Waals surface area contributed by atoms with Gasteiger partial charge in [0.25, 0.3) is 0 Å². The van der Waals surface area contributed by atoms with Gasteiger partial charge in [-0.1, -0.05) is 0 Å². The zero-order chi connectivity index (χ0) is 13.1. The Balaban J connectivity index is 2.86. The van der Waals surface area contributed by atoms with Crippen molar-refractivity contribution in [1.29, 1.82) is 5.41 Å². The van der Waals surface area contributed by atoms with E-state index in [1.807, 2.05) is 0 Å². The van der Waals surface area contributed by atoms with Crippen LogP contribution in [-0.4, -0.2) is 25.3 Å². The fraction of sp³-hybridized carbons (Fsp3) is 0.333. The summed E-state index contributed by atoms with van der Waals surface area (Å²) in [6.45, 7) is 1.56. The zero-order valence-corrected chi connectivity index (χ0v) is 9.96. The Kier molecular flexibility index (Phi) is 4.13. The van der Waals surface area contributed by atoms with Gasteiger partial charge in [0, 0.05) is 18.7 Å². The van der Waals surface area contributed by atoms with E-state index in [-0.39, 0.29) is 17.2 Å². The van der Waals surface area contributed by atoms with Gasteiger partial charge >= 0.3 is 0 Å². The summed E-state index contributed by atoms with van der Waals surface area (Å²) in [6.07, 6.45) is 2.05. The Bertz CT molecular complexity index is 517. The quantitative estimate of drug-likeness (QED) is 0.519. The third-order valence-corrected chi connectivity index (χ3v) is 3.43. The van der Waals surface area contributed by atoms with Crippen molar-refractivity contribution in [1.82, 2.24) is 9.71 Å². The van der Waals surface area contributed by atoms with Crippen molar-refractivity contribution in [2.24, 2.45) is 5.73 Å². The molecule has 1 unspecified atom stereocenters. The van der Waals surface area contributed by atoms with E-state index in [1.54, 1.807) is 6.92 Å². The topological polar surface area (TPSA) is 109 Å². The summed E-state index contributed by atoms with van der Waals surface area (Å²) in [5.74, 6) is -0.857. The van der Waals surface area contributed by atoms with Crippen LogP contribution < -0.4 is 10.5 Å². The highest BCUT2D eigenvalue weighted by molar-refractivity contribution is 7.89. The van der Waals surface area contributed by atoms with Crippen LogP contribution in [0.3, 0.4) is 0 Å². The van der Waals surface area contributed by atoms with Gasteiger partial charge in [0.05, 0.1) is 12.0 Å². The van der Waals surface area contributed by atoms with E-state index in [1.165, 1.54) is 0 Å². The number of nitrogens with two attached hydrogens (primary N) is 1. The molecule has 0 amide bonds. The molecule has 0 aromatic carbocycles. The Morgan fingerprint density at radius 2 is 2.29 bits per heavy atom. The van der Waals surface area contributed by atoms with Crippen LogP contribution in [0.2, 0.25) is 0 Å². The van der Waals surface area contributed by atoms with Crippen molar-refractivity contribution in [3.05, 3.63) is 24.3 Å². The van der Waals surface area contributed by atoms with E-state index in [4.69, 9.17) is 11.1 Å². The molecule has 94 valence electrons. The smallest absolute Gasteiger partial charge is 0.242 e. The molecular weight excluding hydrogens is 247 g/mol. The van der Waals surface area contributed by atoms with Gasteiger partial charge in [-0.25, -0.2) is 17.5 Å². The molecule has 8 heteroatoms. The van der Waals surface area contributed by atoms with E-state index >= 15 is 0 Å². The van der Waals surface area contributed by atoms with E-state index in [2.05, 4.69) is 9.71 Å². The summed E-state index contributed by atoms with van der Waals surface area (Å²) < 4.78 is 38.6. The number of hydrogen-bond acceptors (Lipinski definition) is 4. The van der Waals surface area contributed by atoms with Crippen molar-refractivity contribution in [3.63, 3.8) is 0 Å². The fourth-order valence-electron chi connectivity index (χ4n) is 1.24. The first-order chi connectivity index (χ1) is 7.81. The minimum atomic E-state index is -3.83. The summed E-state index contributed by atoms with van der Waals surface area (Å²) in [5, 5.41) is 7.04. The molecule has 1 aromatic heterocycles. The predicted octanol–water partition coefficient (Wildman–Crippen LogP) is 0.214. The number of aromatic nitrogens is 1. The molecule has 0 saturated heterocycles. The number of amidine groups is 1. The van der Waals surface area contributed by atoms with Crippen molar-refractivity contribution >= 4 is 15.9 Å². The van der Waals surface area contributed by atoms with Gasteiger partial charge in [0.2, 0.25) is 10.0 Å². The van der Waals surface area contributed by atoms with Crippen LogP contribution in [0, 0.1) is 11.2 Å². The molecule has 0 aliphatic heterocycles. The molecule has 6 nitrogen and oxygen atoms in total. The summed E-state index contributed by atoms with van der Waals surface area (Å²) in [7, 11) is -3.83. The average molecular weight is 260 g/mol. The number of nitrogens with one attached hydrogen (secondary N) is 2. The fourth-order valence-corrected chi connectivity index (χ4v) is 2.46. The number of rotatable bonds is 5. The Morgan fingerprint density at radius 3 is 2.82 bits per heavy atom. The van der Waals surface area contributed by atoms with Crippen LogP contribution >= 0.6 is 0 Å². The lowest BCUT2D eigenvalue weighted by atomic mass is 10.2. The van der Waals surface area contributed by atoms with Crippen LogP contribution in [0.1, 0.15) is 13.3 Å². The first kappa shape index (κ1) is 13.5. The maximum absolute atomic E-state index is 12.8. The molecule has 0 bridgehead atoms. The lowest BCUT2D eigenvalue weighted by Crippen LogP contribution is -2.35. The van der Waals surface area contributed by atoms with Crippen molar-refractivity contribution in [2.45, 2.75) is 24.3 Å². The normalized spacial score (nSPS) is 13.3. The second-order valence-corrected chi connectivity index (χ2v) is 5.30. The maximum Gasteiger partial charge on any atom is 0.242 e. The summed E-state index contributed by atoms with van der Waals surface area (Å²) >= 11 is 0. The van der Waals surface area contributed by atoms with Crippen molar-refractivity contribution in [3.8, 4) is 0 Å². The molecule has 0 aliphatic rings. The monoisotopic (exact) mass is 260 g/mol. The minimum Gasteiger partial charge on any atom is -0.388 e. The predicted molar refractivity (Wildman–Crippen MR) is 60.5 cm³/mol. The Hall–Kier alpha value is -1.54. The molecule has 0 spiro atoms. The van der Waals surface area contributed by atoms with Gasteiger partial charge in [-0.3, -0.25) is 10.4 Å². The SMILES string of the molecule is CC(CC(=N)N)NS(=O)(=O)c1cncc(F)c1. The van der Waals surface area contributed by atoms with Crippen LogP contribution in [0.5, 0.6) is 0 Å². The highest BCUT2D eigenvalue weighted by atomic mass is 32.2. The van der Waals surface area contributed by atoms with Crippen molar-refractivity contribution in [2.75, 3.05) is 0 Å². The molecule has 0 saturated carbocycles. The van der Waals surface area contributed by atoms with Gasteiger partial charge < -0.3 is 5.73 Å². The number of pyridine rings is 1. The molecular formula is C9H13FN4O2S. The first-order valence-electron chi connectivity index (χ1n) is 4.77. The third kappa shape index (κ3) is 4.08. The molecule has 0 radical (unpaired) electrons. The molecule has 1 aromatic rings. The molecule has 17 heavy (non-hydrogen) atoms. The molecule has 4 N–H and O–H groups in total. The van der Waals surface area contributed by atoms with Gasteiger partial charge in [-0.2, -0.15) is 0 Å². The Morgan fingerprint density at radius 1 is 1.65 bits per heavy atom. The largest absolute Gasteiger partial charge is 0.388 e. The van der Waals surface area contributed by atoms with E-state index in [9.17, 15) is 12.8 Å². The van der Waals surface area contributed by atoms with Crippen LogP contribution in [0.4, 0.5) is 4.39 Å². The van der Waals surface area contributed by atoms with Gasteiger partial charge in [-0.15, -0.1) is 0 Å². The summed E-state index contributed by atoms with van der Waals surface area (Å²) in [6, 6.07) is 0.330. The zero-order valence-electron chi connectivity index (χ0n) is 9.14. The number of halogens is 1. The van der Waals surface area contributed by atoms with E-state index < -0.39 is 21.9 Å². The maximum atomic E-state index is 12.8. The Labute approximate surface area is 98.6 Å². The number of sulfonamides is 1. The van der Waals surface area contributed by atoms with Crippen LogP contribution in [0.25, 0.3) is 0 Å². The molecule has 1 rings (SSSR count). The molecule has 1 heterocycles. The minimum absolute atomic E-state index is 0.0853. The van der Waals surface area contributed by atoms with Gasteiger partial charge in [0.15, 0.2) is 0 Å². The van der Waals surface area contributed by atoms with Gasteiger partial charge in [0.1, 0.15) is 10.7 Å². The van der Waals surface area contributed by atoms with Crippen LogP contribution in [0.15, 0.2) is 23.4 Å². The molecule has 0 aliphatic carbocycles. The number of hydrogen-bond donors (Lipinski definition) is 3. The van der Waals surface area contributed by atoms with E-state index in [0.717, 1.165) is 18.5 Å². The standard InChI is InChI=1S/C9H13FN4O2S/c1-6(2-9(11)12)14-17(15,16)8-3-7(10)4-13-5-8/h3-6,14H,2H2,1H3,(H3,11,12). The number of nitrogens with zero attached hydrogens (tertiary/aromatic N) is 1. The van der Waals surface area contributed by atoms with Gasteiger partial charge in [-0.05, 0) is 13.0 Å². The second-order valence-electron chi connectivity index (χ2n) is 3.59. The van der Waals surface area contributed by atoms with Crippen molar-refractivity contribution < 1.29 is 12.8 Å². The highest BCUT2D eigenvalue weighted by Crippen LogP contribution is 2.09. The summed E-state index contributed by atoms with van der Waals surface area (Å²) in [4.78, 5) is 3.20.